The molecule has 4 rings (SSSR count). The van der Waals surface area contributed by atoms with Crippen molar-refractivity contribution in [2.75, 3.05) is 0 Å². The monoisotopic (exact) mass is 350 g/mol. The molecule has 27 heavy (non-hydrogen) atoms. The largest absolute Gasteiger partial charge is 0.0642 e. The summed E-state index contributed by atoms with van der Waals surface area (Å²) in [6.07, 6.45) is 6.99. The van der Waals surface area contributed by atoms with Gasteiger partial charge >= 0.3 is 0 Å². The van der Waals surface area contributed by atoms with Crippen molar-refractivity contribution in [3.8, 4) is 0 Å². The van der Waals surface area contributed by atoms with Crippen molar-refractivity contribution in [3.05, 3.63) is 107 Å². The fourth-order valence-corrected chi connectivity index (χ4v) is 4.49. The third-order valence-electron chi connectivity index (χ3n) is 5.97. The molecule has 0 aromatic heterocycles. The number of hydrogen-bond donors (Lipinski definition) is 0. The summed E-state index contributed by atoms with van der Waals surface area (Å²) in [6, 6.07) is 30.3. The van der Waals surface area contributed by atoms with E-state index in [1.165, 1.54) is 33.4 Å². The first-order chi connectivity index (χ1) is 13.3. The van der Waals surface area contributed by atoms with E-state index in [2.05, 4.69) is 111 Å². The number of allylic oxidation sites excluding steroid dienone is 2. The minimum absolute atomic E-state index is 0.0510. The van der Waals surface area contributed by atoms with E-state index in [1.807, 2.05) is 0 Å². The molecular formula is C27H26. The van der Waals surface area contributed by atoms with E-state index in [0.717, 1.165) is 12.8 Å². The Morgan fingerprint density at radius 3 is 1.30 bits per heavy atom. The first-order valence-corrected chi connectivity index (χ1v) is 9.92. The van der Waals surface area contributed by atoms with Crippen molar-refractivity contribution >= 4 is 23.3 Å². The Labute approximate surface area is 162 Å². The van der Waals surface area contributed by atoms with Crippen molar-refractivity contribution < 1.29 is 0 Å². The van der Waals surface area contributed by atoms with Gasteiger partial charge in [-0.05, 0) is 46.2 Å². The van der Waals surface area contributed by atoms with Gasteiger partial charge in [-0.3, -0.25) is 0 Å². The summed E-state index contributed by atoms with van der Waals surface area (Å²) < 4.78 is 0. The molecule has 0 nitrogen and oxygen atoms in total. The maximum Gasteiger partial charge on any atom is 0.0210 e. The van der Waals surface area contributed by atoms with E-state index in [9.17, 15) is 0 Å². The number of rotatable bonds is 4. The van der Waals surface area contributed by atoms with Crippen LogP contribution in [0.15, 0.2) is 84.9 Å². The average Bonchev–Trinajstić information content (AvgIpc) is 2.99. The highest BCUT2D eigenvalue weighted by molar-refractivity contribution is 6.07. The van der Waals surface area contributed by atoms with Crippen molar-refractivity contribution in [1.82, 2.24) is 0 Å². The van der Waals surface area contributed by atoms with Crippen LogP contribution >= 0.6 is 0 Å². The predicted molar refractivity (Wildman–Crippen MR) is 118 cm³/mol. The molecule has 0 aliphatic heterocycles. The van der Waals surface area contributed by atoms with Crippen molar-refractivity contribution in [1.29, 1.82) is 0 Å². The fourth-order valence-electron chi connectivity index (χ4n) is 4.49. The van der Waals surface area contributed by atoms with Gasteiger partial charge in [0, 0.05) is 5.41 Å². The van der Waals surface area contributed by atoms with Crippen LogP contribution in [0.4, 0.5) is 0 Å². The zero-order chi connectivity index (χ0) is 18.7. The van der Waals surface area contributed by atoms with Gasteiger partial charge in [-0.2, -0.15) is 0 Å². The number of fused-ring (bicyclic) bond motifs is 1. The van der Waals surface area contributed by atoms with Crippen LogP contribution in [0.5, 0.6) is 0 Å². The number of hydrogen-bond acceptors (Lipinski definition) is 0. The zero-order valence-corrected chi connectivity index (χ0v) is 16.2. The number of benzene rings is 3. The van der Waals surface area contributed by atoms with Gasteiger partial charge in [-0.25, -0.2) is 0 Å². The van der Waals surface area contributed by atoms with Crippen LogP contribution in [0.1, 0.15) is 48.9 Å². The average molecular weight is 351 g/mol. The summed E-state index contributed by atoms with van der Waals surface area (Å²) in [5.41, 5.74) is 8.27. The van der Waals surface area contributed by atoms with Crippen molar-refractivity contribution in [2.45, 2.75) is 26.7 Å². The Bertz CT molecular complexity index is 892. The molecule has 0 saturated heterocycles. The van der Waals surface area contributed by atoms with E-state index >= 15 is 0 Å². The smallest absolute Gasteiger partial charge is 0.0210 e. The first kappa shape index (κ1) is 17.5. The Morgan fingerprint density at radius 1 is 0.556 bits per heavy atom. The lowest BCUT2D eigenvalue weighted by Gasteiger charge is -2.31. The molecule has 0 fully saturated rings. The van der Waals surface area contributed by atoms with E-state index in [-0.39, 0.29) is 5.41 Å². The van der Waals surface area contributed by atoms with Gasteiger partial charge < -0.3 is 0 Å². The molecule has 1 aliphatic carbocycles. The van der Waals surface area contributed by atoms with Gasteiger partial charge in [0.05, 0.1) is 0 Å². The summed E-state index contributed by atoms with van der Waals surface area (Å²) in [6.45, 7) is 4.65. The standard InChI is InChI=1S/C27H26/c1-3-27(4-2)25(19-21-13-7-5-8-14-21)23-17-11-12-18-24(23)26(27)20-22-15-9-6-10-16-22/h5-20H,3-4H2,1-2H3/b25-19-,26-20+. The van der Waals surface area contributed by atoms with Crippen LogP contribution < -0.4 is 0 Å². The minimum atomic E-state index is 0.0510. The van der Waals surface area contributed by atoms with Gasteiger partial charge in [0.25, 0.3) is 0 Å². The Kier molecular flexibility index (Phi) is 4.81. The minimum Gasteiger partial charge on any atom is -0.0642 e. The molecule has 3 aromatic rings. The molecule has 0 amide bonds. The van der Waals surface area contributed by atoms with Gasteiger partial charge in [-0.1, -0.05) is 111 Å². The second-order valence-corrected chi connectivity index (χ2v) is 7.27. The molecule has 0 radical (unpaired) electrons. The Balaban J connectivity index is 1.97. The zero-order valence-electron chi connectivity index (χ0n) is 16.2. The third kappa shape index (κ3) is 3.06. The van der Waals surface area contributed by atoms with Crippen LogP contribution in [0.25, 0.3) is 23.3 Å². The summed E-state index contributed by atoms with van der Waals surface area (Å²) >= 11 is 0. The van der Waals surface area contributed by atoms with E-state index in [0.29, 0.717) is 0 Å². The summed E-state index contributed by atoms with van der Waals surface area (Å²) in [5, 5.41) is 0. The molecule has 0 bridgehead atoms. The SMILES string of the molecule is CCC1(CC)/C(=C/c2ccccc2)c2ccccc2/C1=C/c1ccccc1. The lowest BCUT2D eigenvalue weighted by molar-refractivity contribution is 0.506. The fraction of sp³-hybridized carbons (Fsp3) is 0.185. The molecule has 1 aliphatic rings. The molecule has 0 N–H and O–H groups in total. The van der Waals surface area contributed by atoms with Gasteiger partial charge in [0.2, 0.25) is 0 Å². The summed E-state index contributed by atoms with van der Waals surface area (Å²) in [5.74, 6) is 0. The Morgan fingerprint density at radius 2 is 0.926 bits per heavy atom. The molecule has 134 valence electrons. The second kappa shape index (κ2) is 7.40. The van der Waals surface area contributed by atoms with E-state index in [1.54, 1.807) is 0 Å². The van der Waals surface area contributed by atoms with Crippen LogP contribution in [-0.2, 0) is 0 Å². The second-order valence-electron chi connectivity index (χ2n) is 7.27. The maximum atomic E-state index is 2.40. The highest BCUT2D eigenvalue weighted by Crippen LogP contribution is 2.59. The topological polar surface area (TPSA) is 0 Å². The predicted octanol–water partition coefficient (Wildman–Crippen LogP) is 7.59. The van der Waals surface area contributed by atoms with E-state index < -0.39 is 0 Å². The summed E-state index contributed by atoms with van der Waals surface area (Å²) in [7, 11) is 0. The van der Waals surface area contributed by atoms with Crippen molar-refractivity contribution in [2.24, 2.45) is 5.41 Å². The third-order valence-corrected chi connectivity index (χ3v) is 5.97. The quantitative estimate of drug-likeness (QED) is 0.455. The lowest BCUT2D eigenvalue weighted by Crippen LogP contribution is -2.17. The molecule has 0 unspecified atom stereocenters. The van der Waals surface area contributed by atoms with Crippen LogP contribution in [0.3, 0.4) is 0 Å². The van der Waals surface area contributed by atoms with Crippen LogP contribution in [0, 0.1) is 5.41 Å². The lowest BCUT2D eigenvalue weighted by atomic mass is 9.72. The summed E-state index contributed by atoms with van der Waals surface area (Å²) in [4.78, 5) is 0. The molecule has 0 spiro atoms. The van der Waals surface area contributed by atoms with Gasteiger partial charge in [0.15, 0.2) is 0 Å². The normalized spacial score (nSPS) is 18.0. The Hall–Kier alpha value is -2.86. The van der Waals surface area contributed by atoms with Crippen molar-refractivity contribution in [3.63, 3.8) is 0 Å². The molecule has 0 atom stereocenters. The van der Waals surface area contributed by atoms with E-state index in [4.69, 9.17) is 0 Å². The molecular weight excluding hydrogens is 324 g/mol. The molecule has 0 saturated carbocycles. The first-order valence-electron chi connectivity index (χ1n) is 9.92. The molecule has 0 heterocycles. The van der Waals surface area contributed by atoms with Gasteiger partial charge in [0.1, 0.15) is 0 Å². The van der Waals surface area contributed by atoms with Crippen LogP contribution in [0.2, 0.25) is 0 Å². The highest BCUT2D eigenvalue weighted by Gasteiger charge is 2.42. The van der Waals surface area contributed by atoms with Gasteiger partial charge in [-0.15, -0.1) is 0 Å². The van der Waals surface area contributed by atoms with Crippen LogP contribution in [-0.4, -0.2) is 0 Å². The highest BCUT2D eigenvalue weighted by atomic mass is 14.5. The maximum absolute atomic E-state index is 2.40. The molecule has 0 heteroatoms. The molecule has 3 aromatic carbocycles.